The molecule has 0 aliphatic carbocycles. The van der Waals surface area contributed by atoms with Crippen molar-refractivity contribution < 1.29 is 19.5 Å². The van der Waals surface area contributed by atoms with Gasteiger partial charge in [-0.2, -0.15) is 5.10 Å². The van der Waals surface area contributed by atoms with E-state index in [9.17, 15) is 19.5 Å². The summed E-state index contributed by atoms with van der Waals surface area (Å²) in [7, 11) is 0. The average molecular weight is 350 g/mol. The van der Waals surface area contributed by atoms with Gasteiger partial charge in [0.2, 0.25) is 0 Å². The average Bonchev–Trinajstić information content (AvgIpc) is 3.08. The predicted molar refractivity (Wildman–Crippen MR) is 92.8 cm³/mol. The molecule has 0 fully saturated rings. The van der Waals surface area contributed by atoms with Crippen LogP contribution in [-0.2, 0) is 22.7 Å². The Morgan fingerprint density at radius 1 is 1.23 bits per heavy atom. The smallest absolute Gasteiger partial charge is 0.339 e. The van der Waals surface area contributed by atoms with Crippen molar-refractivity contribution in [2.75, 3.05) is 5.32 Å². The SMILES string of the molecule is CCn1ncc2c(NCc3ccc(=C=O)c(=C=O)c3)c(C(=O)O)cnc21. The molecule has 2 aromatic heterocycles. The van der Waals surface area contributed by atoms with E-state index in [1.807, 2.05) is 6.92 Å². The van der Waals surface area contributed by atoms with Crippen molar-refractivity contribution in [3.05, 3.63) is 52.2 Å². The molecule has 0 bridgehead atoms. The molecule has 0 amide bonds. The Labute approximate surface area is 147 Å². The van der Waals surface area contributed by atoms with E-state index in [0.29, 0.717) is 28.8 Å². The maximum Gasteiger partial charge on any atom is 0.339 e. The standard InChI is InChI=1S/C18H14N4O4/c1-2-22-17-14(8-21-22)16(15(7-20-17)18(25)26)19-6-11-3-4-12(9-23)13(5-11)10-24/h3-5,7-8H,2,6H2,1H3,(H,19,20)(H,25,26). The molecule has 0 spiro atoms. The van der Waals surface area contributed by atoms with Gasteiger partial charge in [0.05, 0.1) is 27.7 Å². The van der Waals surface area contributed by atoms with Crippen LogP contribution < -0.4 is 15.8 Å². The van der Waals surface area contributed by atoms with Gasteiger partial charge in [-0.15, -0.1) is 0 Å². The third-order valence-electron chi connectivity index (χ3n) is 3.97. The first-order valence-corrected chi connectivity index (χ1v) is 7.80. The van der Waals surface area contributed by atoms with Crippen molar-refractivity contribution >= 4 is 34.6 Å². The number of anilines is 1. The molecule has 0 aliphatic rings. The van der Waals surface area contributed by atoms with E-state index >= 15 is 0 Å². The molecule has 8 heteroatoms. The lowest BCUT2D eigenvalue weighted by Crippen LogP contribution is -2.27. The van der Waals surface area contributed by atoms with Gasteiger partial charge in [-0.1, -0.05) is 6.07 Å². The van der Waals surface area contributed by atoms with Crippen LogP contribution in [0.25, 0.3) is 11.0 Å². The molecule has 2 N–H and O–H groups in total. The van der Waals surface area contributed by atoms with E-state index in [0.717, 1.165) is 0 Å². The van der Waals surface area contributed by atoms with Crippen molar-refractivity contribution in [2.45, 2.75) is 20.0 Å². The van der Waals surface area contributed by atoms with Gasteiger partial charge in [-0.3, -0.25) is 0 Å². The Hall–Kier alpha value is -3.73. The number of carboxylic acids is 1. The molecule has 0 saturated carbocycles. The largest absolute Gasteiger partial charge is 0.478 e. The molecular weight excluding hydrogens is 336 g/mol. The Bertz CT molecular complexity index is 1170. The number of fused-ring (bicyclic) bond motifs is 1. The Balaban J connectivity index is 2.04. The fourth-order valence-electron chi connectivity index (χ4n) is 2.68. The minimum atomic E-state index is -1.11. The van der Waals surface area contributed by atoms with E-state index < -0.39 is 5.97 Å². The predicted octanol–water partition coefficient (Wildman–Crippen LogP) is -0.232. The van der Waals surface area contributed by atoms with Gasteiger partial charge in [0.1, 0.15) is 17.4 Å². The van der Waals surface area contributed by atoms with E-state index in [2.05, 4.69) is 15.4 Å². The zero-order valence-electron chi connectivity index (χ0n) is 13.8. The van der Waals surface area contributed by atoms with Crippen LogP contribution in [0.15, 0.2) is 30.6 Å². The van der Waals surface area contributed by atoms with E-state index in [1.54, 1.807) is 28.8 Å². The number of benzene rings is 1. The maximum absolute atomic E-state index is 11.5. The fourth-order valence-corrected chi connectivity index (χ4v) is 2.68. The fraction of sp³-hybridized carbons (Fsp3) is 0.167. The maximum atomic E-state index is 11.5. The zero-order chi connectivity index (χ0) is 18.7. The van der Waals surface area contributed by atoms with Gasteiger partial charge >= 0.3 is 5.97 Å². The highest BCUT2D eigenvalue weighted by Gasteiger charge is 2.17. The molecule has 0 unspecified atom stereocenters. The number of carboxylic acid groups (broad SMARTS) is 1. The second kappa shape index (κ2) is 7.03. The van der Waals surface area contributed by atoms with Gasteiger partial charge in [0, 0.05) is 19.3 Å². The summed E-state index contributed by atoms with van der Waals surface area (Å²) in [6.07, 6.45) is 2.85. The van der Waals surface area contributed by atoms with Gasteiger partial charge in [0.25, 0.3) is 0 Å². The summed E-state index contributed by atoms with van der Waals surface area (Å²) in [5.41, 5.74) is 1.68. The highest BCUT2D eigenvalue weighted by molar-refractivity contribution is 6.03. The summed E-state index contributed by atoms with van der Waals surface area (Å²) in [5, 5.41) is 17.5. The first-order valence-electron chi connectivity index (χ1n) is 7.80. The third kappa shape index (κ3) is 2.98. The molecule has 0 radical (unpaired) electrons. The third-order valence-corrected chi connectivity index (χ3v) is 3.97. The molecule has 1 aromatic carbocycles. The van der Waals surface area contributed by atoms with Crippen LogP contribution in [0.4, 0.5) is 5.69 Å². The van der Waals surface area contributed by atoms with Crippen LogP contribution in [0.3, 0.4) is 0 Å². The number of hydrogen-bond donors (Lipinski definition) is 2. The van der Waals surface area contributed by atoms with E-state index in [1.165, 1.54) is 18.3 Å². The first kappa shape index (κ1) is 17.1. The number of carbonyl (C=O) groups excluding carboxylic acids is 2. The monoisotopic (exact) mass is 350 g/mol. The summed E-state index contributed by atoms with van der Waals surface area (Å²) in [6.45, 7) is 2.75. The normalized spacial score (nSPS) is 10.3. The Kier molecular flexibility index (Phi) is 4.62. The van der Waals surface area contributed by atoms with Gasteiger partial charge in [0.15, 0.2) is 5.65 Å². The molecule has 3 rings (SSSR count). The van der Waals surface area contributed by atoms with Crippen LogP contribution in [0.5, 0.6) is 0 Å². The molecular formula is C18H14N4O4. The van der Waals surface area contributed by atoms with Crippen LogP contribution >= 0.6 is 0 Å². The van der Waals surface area contributed by atoms with Crippen molar-refractivity contribution in [1.82, 2.24) is 14.8 Å². The number of nitrogens with zero attached hydrogens (tertiary/aromatic N) is 3. The number of aromatic nitrogens is 3. The molecule has 8 nitrogen and oxygen atoms in total. The lowest BCUT2D eigenvalue weighted by molar-refractivity contribution is 0.0697. The second-order valence-electron chi connectivity index (χ2n) is 5.49. The lowest BCUT2D eigenvalue weighted by atomic mass is 10.1. The molecule has 0 atom stereocenters. The molecule has 0 aliphatic heterocycles. The number of rotatable bonds is 5. The van der Waals surface area contributed by atoms with Crippen molar-refractivity contribution in [1.29, 1.82) is 0 Å². The summed E-state index contributed by atoms with van der Waals surface area (Å²) in [5.74, 6) is 2.26. The summed E-state index contributed by atoms with van der Waals surface area (Å²) in [4.78, 5) is 37.4. The van der Waals surface area contributed by atoms with Gasteiger partial charge in [-0.05, 0) is 24.6 Å². The van der Waals surface area contributed by atoms with E-state index in [4.69, 9.17) is 0 Å². The van der Waals surface area contributed by atoms with Crippen LogP contribution in [0.2, 0.25) is 0 Å². The molecule has 2 heterocycles. The lowest BCUT2D eigenvalue weighted by Gasteiger charge is -2.11. The van der Waals surface area contributed by atoms with E-state index in [-0.39, 0.29) is 22.5 Å². The van der Waals surface area contributed by atoms with Crippen molar-refractivity contribution in [3.8, 4) is 0 Å². The minimum Gasteiger partial charge on any atom is -0.478 e. The molecule has 130 valence electrons. The van der Waals surface area contributed by atoms with Crippen LogP contribution in [0.1, 0.15) is 22.8 Å². The summed E-state index contributed by atoms with van der Waals surface area (Å²) >= 11 is 0. The second-order valence-corrected chi connectivity index (χ2v) is 5.49. The van der Waals surface area contributed by atoms with Crippen molar-refractivity contribution in [3.63, 3.8) is 0 Å². The summed E-state index contributed by atoms with van der Waals surface area (Å²) in [6, 6.07) is 4.64. The molecule has 0 saturated heterocycles. The number of aromatic carboxylic acids is 1. The number of nitrogens with one attached hydrogen (secondary N) is 1. The minimum absolute atomic E-state index is 0.0215. The molecule has 26 heavy (non-hydrogen) atoms. The number of hydrogen-bond acceptors (Lipinski definition) is 6. The van der Waals surface area contributed by atoms with Gasteiger partial charge in [-0.25, -0.2) is 24.0 Å². The zero-order valence-corrected chi connectivity index (χ0v) is 13.8. The van der Waals surface area contributed by atoms with Crippen molar-refractivity contribution in [2.24, 2.45) is 0 Å². The number of aryl methyl sites for hydroxylation is 1. The molecule has 3 aromatic rings. The number of carbonyl (C=O) groups is 1. The van der Waals surface area contributed by atoms with Crippen LogP contribution in [-0.4, -0.2) is 37.7 Å². The quantitative estimate of drug-likeness (QED) is 0.653. The van der Waals surface area contributed by atoms with Gasteiger partial charge < -0.3 is 10.4 Å². The highest BCUT2D eigenvalue weighted by atomic mass is 16.4. The first-order chi connectivity index (χ1) is 12.6. The topological polar surface area (TPSA) is 114 Å². The Morgan fingerprint density at radius 3 is 2.65 bits per heavy atom. The van der Waals surface area contributed by atoms with Crippen LogP contribution in [0, 0.1) is 0 Å². The Morgan fingerprint density at radius 2 is 2.00 bits per heavy atom. The number of pyridine rings is 1. The highest BCUT2D eigenvalue weighted by Crippen LogP contribution is 2.26. The summed E-state index contributed by atoms with van der Waals surface area (Å²) < 4.78 is 1.67.